The summed E-state index contributed by atoms with van der Waals surface area (Å²) in [6, 6.07) is 1.79. The van der Waals surface area contributed by atoms with Crippen LogP contribution in [0.25, 0.3) is 0 Å². The lowest BCUT2D eigenvalue weighted by molar-refractivity contribution is -0.136. The van der Waals surface area contributed by atoms with Gasteiger partial charge in [0.25, 0.3) is 5.56 Å². The van der Waals surface area contributed by atoms with Gasteiger partial charge in [-0.1, -0.05) is 12.8 Å². The quantitative estimate of drug-likeness (QED) is 0.854. The summed E-state index contributed by atoms with van der Waals surface area (Å²) in [6.45, 7) is 2.40. The molecule has 0 N–H and O–H groups in total. The van der Waals surface area contributed by atoms with E-state index < -0.39 is 0 Å². The Balaban J connectivity index is 1.35. The Morgan fingerprint density at radius 1 is 1.08 bits per heavy atom. The van der Waals surface area contributed by atoms with Crippen molar-refractivity contribution in [1.29, 1.82) is 0 Å². The maximum absolute atomic E-state index is 12.5. The van der Waals surface area contributed by atoms with Crippen molar-refractivity contribution in [2.45, 2.75) is 64.3 Å². The van der Waals surface area contributed by atoms with Crippen molar-refractivity contribution in [3.05, 3.63) is 27.7 Å². The summed E-state index contributed by atoms with van der Waals surface area (Å²) in [6.07, 6.45) is 9.67. The normalized spacial score (nSPS) is 22.1. The average Bonchev–Trinajstić information content (AvgIpc) is 3.26. The third kappa shape index (κ3) is 3.13. The van der Waals surface area contributed by atoms with Gasteiger partial charge in [0.1, 0.15) is 0 Å². The number of aromatic nitrogens is 2. The molecule has 130 valence electrons. The first-order valence-corrected chi connectivity index (χ1v) is 9.59. The van der Waals surface area contributed by atoms with Gasteiger partial charge in [-0.3, -0.25) is 9.59 Å². The first-order valence-electron chi connectivity index (χ1n) is 9.59. The Bertz CT molecular complexity index is 668. The van der Waals surface area contributed by atoms with E-state index in [0.717, 1.165) is 69.3 Å². The number of carbonyl (C=O) groups excluding carboxylic acids is 1. The number of carbonyl (C=O) groups is 1. The number of piperidine rings is 1. The van der Waals surface area contributed by atoms with Crippen molar-refractivity contribution < 1.29 is 4.79 Å². The SMILES string of the molecule is O=C(C1CCCC1)N1CCC(Cn2nc3c(cc2=O)CCC3)CC1. The van der Waals surface area contributed by atoms with E-state index in [1.54, 1.807) is 10.7 Å². The topological polar surface area (TPSA) is 55.2 Å². The second-order valence-electron chi connectivity index (χ2n) is 7.74. The number of hydrogen-bond acceptors (Lipinski definition) is 3. The lowest BCUT2D eigenvalue weighted by atomic mass is 9.95. The fourth-order valence-electron chi connectivity index (χ4n) is 4.58. The highest BCUT2D eigenvalue weighted by Crippen LogP contribution is 2.28. The molecule has 5 heteroatoms. The molecule has 0 radical (unpaired) electrons. The summed E-state index contributed by atoms with van der Waals surface area (Å²) < 4.78 is 1.67. The lowest BCUT2D eigenvalue weighted by Crippen LogP contribution is -2.42. The lowest BCUT2D eigenvalue weighted by Gasteiger charge is -2.33. The maximum Gasteiger partial charge on any atom is 0.267 e. The van der Waals surface area contributed by atoms with Crippen LogP contribution in [0.15, 0.2) is 10.9 Å². The zero-order chi connectivity index (χ0) is 16.5. The molecule has 0 spiro atoms. The minimum absolute atomic E-state index is 0.0418. The summed E-state index contributed by atoms with van der Waals surface area (Å²) in [7, 11) is 0. The zero-order valence-electron chi connectivity index (χ0n) is 14.4. The van der Waals surface area contributed by atoms with E-state index >= 15 is 0 Å². The largest absolute Gasteiger partial charge is 0.342 e. The summed E-state index contributed by atoms with van der Waals surface area (Å²) in [5, 5.41) is 4.59. The molecule has 5 nitrogen and oxygen atoms in total. The van der Waals surface area contributed by atoms with Crippen molar-refractivity contribution in [3.8, 4) is 0 Å². The molecule has 3 aliphatic rings. The number of likely N-dealkylation sites (tertiary alicyclic amines) is 1. The van der Waals surface area contributed by atoms with Crippen LogP contribution in [-0.4, -0.2) is 33.7 Å². The minimum Gasteiger partial charge on any atom is -0.342 e. The Kier molecular flexibility index (Phi) is 4.42. The molecule has 0 unspecified atom stereocenters. The maximum atomic E-state index is 12.5. The molecule has 0 atom stereocenters. The Hall–Kier alpha value is -1.65. The van der Waals surface area contributed by atoms with E-state index in [2.05, 4.69) is 10.00 Å². The molecular formula is C19H27N3O2. The number of hydrogen-bond donors (Lipinski definition) is 0. The van der Waals surface area contributed by atoms with Crippen LogP contribution in [-0.2, 0) is 24.2 Å². The summed E-state index contributed by atoms with van der Waals surface area (Å²) in [4.78, 5) is 26.8. The van der Waals surface area contributed by atoms with Gasteiger partial charge in [0.05, 0.1) is 5.69 Å². The van der Waals surface area contributed by atoms with E-state index in [4.69, 9.17) is 0 Å². The average molecular weight is 329 g/mol. The summed E-state index contributed by atoms with van der Waals surface area (Å²) >= 11 is 0. The van der Waals surface area contributed by atoms with Gasteiger partial charge in [0.2, 0.25) is 5.91 Å². The molecule has 1 amide bonds. The van der Waals surface area contributed by atoms with Gasteiger partial charge in [-0.25, -0.2) is 4.68 Å². The molecule has 0 bridgehead atoms. The minimum atomic E-state index is 0.0418. The van der Waals surface area contributed by atoms with Crippen molar-refractivity contribution in [1.82, 2.24) is 14.7 Å². The highest BCUT2D eigenvalue weighted by molar-refractivity contribution is 5.79. The van der Waals surface area contributed by atoms with Crippen LogP contribution in [0.3, 0.4) is 0 Å². The molecule has 24 heavy (non-hydrogen) atoms. The highest BCUT2D eigenvalue weighted by atomic mass is 16.2. The molecule has 1 aliphatic heterocycles. The number of fused-ring (bicyclic) bond motifs is 1. The van der Waals surface area contributed by atoms with Crippen LogP contribution in [0.1, 0.15) is 56.2 Å². The van der Waals surface area contributed by atoms with Crippen LogP contribution in [0.4, 0.5) is 0 Å². The monoisotopic (exact) mass is 329 g/mol. The van der Waals surface area contributed by atoms with Gasteiger partial charge in [-0.2, -0.15) is 5.10 Å². The van der Waals surface area contributed by atoms with Gasteiger partial charge in [-0.15, -0.1) is 0 Å². The van der Waals surface area contributed by atoms with Crippen molar-refractivity contribution in [3.63, 3.8) is 0 Å². The molecule has 2 fully saturated rings. The van der Waals surface area contributed by atoms with Gasteiger partial charge in [0, 0.05) is 31.6 Å². The zero-order valence-corrected chi connectivity index (χ0v) is 14.4. The number of rotatable bonds is 3. The Morgan fingerprint density at radius 3 is 2.58 bits per heavy atom. The van der Waals surface area contributed by atoms with Gasteiger partial charge in [0.15, 0.2) is 0 Å². The summed E-state index contributed by atoms with van der Waals surface area (Å²) in [5.74, 6) is 1.11. The van der Waals surface area contributed by atoms with E-state index in [0.29, 0.717) is 18.4 Å². The number of nitrogens with zero attached hydrogens (tertiary/aromatic N) is 3. The van der Waals surface area contributed by atoms with Crippen LogP contribution in [0.2, 0.25) is 0 Å². The standard InChI is InChI=1S/C19H27N3O2/c23-18-12-16-6-3-7-17(16)20-22(18)13-14-8-10-21(11-9-14)19(24)15-4-1-2-5-15/h12,14-15H,1-11,13H2. The fourth-order valence-corrected chi connectivity index (χ4v) is 4.58. The molecule has 1 aromatic rings. The first-order chi connectivity index (χ1) is 11.7. The molecule has 2 aliphatic carbocycles. The molecule has 0 aromatic carbocycles. The molecule has 1 aromatic heterocycles. The van der Waals surface area contributed by atoms with E-state index in [9.17, 15) is 9.59 Å². The predicted octanol–water partition coefficient (Wildman–Crippen LogP) is 2.16. The fraction of sp³-hybridized carbons (Fsp3) is 0.737. The third-order valence-electron chi connectivity index (χ3n) is 6.09. The third-order valence-corrected chi connectivity index (χ3v) is 6.09. The van der Waals surface area contributed by atoms with Crippen LogP contribution in [0, 0.1) is 11.8 Å². The van der Waals surface area contributed by atoms with Crippen LogP contribution < -0.4 is 5.56 Å². The number of amides is 1. The van der Waals surface area contributed by atoms with E-state index in [1.807, 2.05) is 0 Å². The number of aryl methyl sites for hydroxylation is 2. The van der Waals surface area contributed by atoms with E-state index in [-0.39, 0.29) is 11.5 Å². The van der Waals surface area contributed by atoms with Gasteiger partial charge < -0.3 is 4.90 Å². The Morgan fingerprint density at radius 2 is 1.83 bits per heavy atom. The van der Waals surface area contributed by atoms with Gasteiger partial charge in [-0.05, 0) is 56.4 Å². The van der Waals surface area contributed by atoms with Gasteiger partial charge >= 0.3 is 0 Å². The first kappa shape index (κ1) is 15.9. The van der Waals surface area contributed by atoms with E-state index in [1.165, 1.54) is 12.8 Å². The van der Waals surface area contributed by atoms with Crippen molar-refractivity contribution in [2.24, 2.45) is 11.8 Å². The van der Waals surface area contributed by atoms with Crippen molar-refractivity contribution in [2.75, 3.05) is 13.1 Å². The second-order valence-corrected chi connectivity index (χ2v) is 7.74. The van der Waals surface area contributed by atoms with Crippen LogP contribution in [0.5, 0.6) is 0 Å². The van der Waals surface area contributed by atoms with Crippen molar-refractivity contribution >= 4 is 5.91 Å². The highest BCUT2D eigenvalue weighted by Gasteiger charge is 2.30. The smallest absolute Gasteiger partial charge is 0.267 e. The molecule has 1 saturated heterocycles. The molecule has 1 saturated carbocycles. The predicted molar refractivity (Wildman–Crippen MR) is 91.8 cm³/mol. The second kappa shape index (κ2) is 6.69. The molecule has 4 rings (SSSR count). The summed E-state index contributed by atoms with van der Waals surface area (Å²) in [5.41, 5.74) is 2.30. The Labute approximate surface area is 143 Å². The molecular weight excluding hydrogens is 302 g/mol. The molecule has 2 heterocycles. The van der Waals surface area contributed by atoms with Crippen LogP contribution >= 0.6 is 0 Å².